The molecule has 0 radical (unpaired) electrons. The quantitative estimate of drug-likeness (QED) is 0.283. The van der Waals surface area contributed by atoms with Crippen LogP contribution in [0, 0.1) is 0 Å². The molecule has 0 aliphatic rings. The summed E-state index contributed by atoms with van der Waals surface area (Å²) in [6.45, 7) is 7.10. The van der Waals surface area contributed by atoms with Crippen LogP contribution in [-0.2, 0) is 4.08 Å². The van der Waals surface area contributed by atoms with E-state index in [0.29, 0.717) is 53.9 Å². The Labute approximate surface area is 194 Å². The number of para-hydroxylation sites is 5. The Hall–Kier alpha value is -2.66. The number of hydrogen-bond donors (Lipinski definition) is 0. The van der Waals surface area contributed by atoms with Gasteiger partial charge in [0.1, 0.15) is 0 Å². The number of halogens is 1. The molecule has 0 fully saturated rings. The molecule has 0 spiro atoms. The van der Waals surface area contributed by atoms with E-state index in [1.807, 2.05) is 81.4 Å². The van der Waals surface area contributed by atoms with Crippen LogP contribution < -0.4 is 28.6 Å². The van der Waals surface area contributed by atoms with Crippen molar-refractivity contribution in [2.45, 2.75) is 20.8 Å². The first kappa shape index (κ1) is 24.0. The van der Waals surface area contributed by atoms with Gasteiger partial charge < -0.3 is 0 Å². The van der Waals surface area contributed by atoms with Gasteiger partial charge in [0.15, 0.2) is 0 Å². The molecule has 172 valence electrons. The first-order valence-electron chi connectivity index (χ1n) is 10.5. The van der Waals surface area contributed by atoms with Crippen molar-refractivity contribution in [3.05, 3.63) is 72.8 Å². The van der Waals surface area contributed by atoms with Gasteiger partial charge in [0.05, 0.1) is 0 Å². The minimum absolute atomic E-state index is 0.446. The van der Waals surface area contributed by atoms with E-state index in [-0.39, 0.29) is 0 Å². The maximum absolute atomic E-state index is 6.45. The van der Waals surface area contributed by atoms with Crippen LogP contribution in [0.1, 0.15) is 20.8 Å². The average molecular weight is 479 g/mol. The zero-order valence-electron chi connectivity index (χ0n) is 18.4. The Morgan fingerprint density at radius 1 is 0.562 bits per heavy atom. The monoisotopic (exact) mass is 478 g/mol. The number of rotatable bonds is 12. The van der Waals surface area contributed by atoms with Crippen molar-refractivity contribution in [1.29, 1.82) is 0 Å². The van der Waals surface area contributed by atoms with Crippen LogP contribution in [-0.4, -0.2) is 19.8 Å². The average Bonchev–Trinajstić information content (AvgIpc) is 2.82. The second-order valence-electron chi connectivity index (χ2n) is 6.53. The first-order valence-corrected chi connectivity index (χ1v) is 12.5. The summed E-state index contributed by atoms with van der Waals surface area (Å²) in [5, 5.41) is 0.578. The van der Waals surface area contributed by atoms with E-state index in [0.717, 1.165) is 0 Å². The fourth-order valence-electron chi connectivity index (χ4n) is 3.11. The van der Waals surface area contributed by atoms with Crippen molar-refractivity contribution in [1.82, 2.24) is 0 Å². The number of ether oxygens (including phenoxy) is 3. The standard InChI is InChI=1S/C24H28ClO6P/c1-4-26-19-13-7-9-15-21(19)29-32(31-25,24-18-12-11-17-23(24)28-6-3)30-22-16-10-8-14-20(22)27-5-2/h7-18,32H,4-6H2,1-3H3. The summed E-state index contributed by atoms with van der Waals surface area (Å²) >= 11 is 6.16. The Morgan fingerprint density at radius 3 is 1.38 bits per heavy atom. The Kier molecular flexibility index (Phi) is 8.86. The van der Waals surface area contributed by atoms with Gasteiger partial charge in [-0.3, -0.25) is 0 Å². The van der Waals surface area contributed by atoms with Crippen LogP contribution in [0.3, 0.4) is 0 Å². The van der Waals surface area contributed by atoms with E-state index in [9.17, 15) is 0 Å². The molecule has 0 atom stereocenters. The summed E-state index contributed by atoms with van der Waals surface area (Å²) in [7, 11) is -3.85. The topological polar surface area (TPSA) is 55.4 Å². The van der Waals surface area contributed by atoms with Gasteiger partial charge in [-0.05, 0) is 0 Å². The molecule has 8 heteroatoms. The molecular formula is C24H28ClO6P. The second kappa shape index (κ2) is 11.8. The summed E-state index contributed by atoms with van der Waals surface area (Å²) in [6, 6.07) is 22.0. The molecule has 32 heavy (non-hydrogen) atoms. The van der Waals surface area contributed by atoms with Gasteiger partial charge in [-0.25, -0.2) is 0 Å². The van der Waals surface area contributed by atoms with E-state index < -0.39 is 7.94 Å². The normalized spacial score (nSPS) is 11.5. The van der Waals surface area contributed by atoms with Gasteiger partial charge in [0.25, 0.3) is 0 Å². The molecule has 3 rings (SSSR count). The van der Waals surface area contributed by atoms with Gasteiger partial charge in [-0.1, -0.05) is 0 Å². The maximum atomic E-state index is 6.45. The van der Waals surface area contributed by atoms with Gasteiger partial charge in [-0.2, -0.15) is 0 Å². The molecule has 0 heterocycles. The van der Waals surface area contributed by atoms with Crippen molar-refractivity contribution in [2.75, 3.05) is 19.8 Å². The summed E-state index contributed by atoms with van der Waals surface area (Å²) in [4.78, 5) is 0. The molecule has 0 unspecified atom stereocenters. The van der Waals surface area contributed by atoms with Crippen molar-refractivity contribution in [3.8, 4) is 28.7 Å². The zero-order chi connectivity index (χ0) is 22.8. The van der Waals surface area contributed by atoms with Crippen LogP contribution in [0.25, 0.3) is 0 Å². The van der Waals surface area contributed by atoms with Gasteiger partial charge in [0.2, 0.25) is 0 Å². The fraction of sp³-hybridized carbons (Fsp3) is 0.250. The second-order valence-corrected chi connectivity index (χ2v) is 9.20. The van der Waals surface area contributed by atoms with Crippen molar-refractivity contribution < 1.29 is 27.3 Å². The Balaban J connectivity index is 2.15. The molecule has 0 aliphatic heterocycles. The number of hydrogen-bond acceptors (Lipinski definition) is 6. The van der Waals surface area contributed by atoms with Crippen LogP contribution in [0.4, 0.5) is 0 Å². The number of benzene rings is 3. The first-order chi connectivity index (χ1) is 15.7. The van der Waals surface area contributed by atoms with E-state index >= 15 is 0 Å². The molecule has 0 aromatic heterocycles. The molecule has 3 aromatic carbocycles. The van der Waals surface area contributed by atoms with Crippen LogP contribution in [0.15, 0.2) is 72.8 Å². The summed E-state index contributed by atoms with van der Waals surface area (Å²) in [5.74, 6) is 2.56. The van der Waals surface area contributed by atoms with Crippen LogP contribution in [0.2, 0.25) is 0 Å². The molecule has 6 nitrogen and oxygen atoms in total. The summed E-state index contributed by atoms with van der Waals surface area (Å²) in [5.41, 5.74) is 0. The van der Waals surface area contributed by atoms with E-state index in [1.165, 1.54) is 0 Å². The molecule has 0 aliphatic carbocycles. The molecule has 3 aromatic rings. The van der Waals surface area contributed by atoms with Crippen molar-refractivity contribution in [3.63, 3.8) is 0 Å². The van der Waals surface area contributed by atoms with Gasteiger partial charge in [-0.15, -0.1) is 0 Å². The summed E-state index contributed by atoms with van der Waals surface area (Å²) in [6.07, 6.45) is 0. The molecule has 0 N–H and O–H groups in total. The summed E-state index contributed by atoms with van der Waals surface area (Å²) < 4.78 is 35.8. The van der Waals surface area contributed by atoms with Crippen molar-refractivity contribution in [2.24, 2.45) is 0 Å². The third kappa shape index (κ3) is 5.57. The van der Waals surface area contributed by atoms with E-state index in [1.54, 1.807) is 12.1 Å². The van der Waals surface area contributed by atoms with Crippen LogP contribution in [0.5, 0.6) is 28.7 Å². The molecule has 0 amide bonds. The molecule has 0 saturated heterocycles. The SMILES string of the molecule is CCOc1ccccc1O[PH](OCl)(Oc1ccccc1OCC)c1ccccc1OCC. The third-order valence-corrected chi connectivity index (χ3v) is 7.27. The Bertz CT molecular complexity index is 948. The van der Waals surface area contributed by atoms with Gasteiger partial charge in [0, 0.05) is 0 Å². The van der Waals surface area contributed by atoms with Gasteiger partial charge >= 0.3 is 195 Å². The van der Waals surface area contributed by atoms with Crippen LogP contribution >= 0.6 is 19.8 Å². The van der Waals surface area contributed by atoms with E-state index in [2.05, 4.69) is 0 Å². The Morgan fingerprint density at radius 2 is 0.938 bits per heavy atom. The van der Waals surface area contributed by atoms with Crippen molar-refractivity contribution >= 4 is 25.1 Å². The molecule has 0 saturated carbocycles. The van der Waals surface area contributed by atoms with E-state index in [4.69, 9.17) is 39.2 Å². The predicted molar refractivity (Wildman–Crippen MR) is 129 cm³/mol. The predicted octanol–water partition coefficient (Wildman–Crippen LogP) is 6.33. The molecular weight excluding hydrogens is 451 g/mol. The molecule has 0 bridgehead atoms. The third-order valence-electron chi connectivity index (χ3n) is 4.40. The minimum atomic E-state index is -3.85. The zero-order valence-corrected chi connectivity index (χ0v) is 20.1. The fourth-order valence-corrected chi connectivity index (χ4v) is 5.63.